The van der Waals surface area contributed by atoms with Gasteiger partial charge in [0.05, 0.1) is 17.2 Å². The van der Waals surface area contributed by atoms with Crippen LogP contribution in [0.1, 0.15) is 57.9 Å². The molecule has 2 aromatic carbocycles. The van der Waals surface area contributed by atoms with Crippen LogP contribution in [0.2, 0.25) is 0 Å². The van der Waals surface area contributed by atoms with Crippen LogP contribution in [0.25, 0.3) is 10.8 Å². The Morgan fingerprint density at radius 1 is 1.08 bits per heavy atom. The largest absolute Gasteiger partial charge is 0.331 e. The number of thiazole rings is 1. The molecule has 0 radical (unpaired) electrons. The predicted octanol–water partition coefficient (Wildman–Crippen LogP) is 5.15. The Kier molecular flexibility index (Phi) is 3.59. The number of fused-ring (bicyclic) bond motifs is 1. The average molecular weight is 348 g/mol. The van der Waals surface area contributed by atoms with E-state index in [4.69, 9.17) is 0 Å². The number of likely N-dealkylation sites (tertiary alicyclic amines) is 1. The molecule has 2 heterocycles. The molecule has 1 saturated carbocycles. The molecule has 2 aliphatic rings. The van der Waals surface area contributed by atoms with Gasteiger partial charge in [0, 0.05) is 12.5 Å². The molecule has 1 amide bonds. The van der Waals surface area contributed by atoms with E-state index < -0.39 is 0 Å². The van der Waals surface area contributed by atoms with Crippen LogP contribution in [-0.4, -0.2) is 22.3 Å². The lowest BCUT2D eigenvalue weighted by Gasteiger charge is -2.25. The third-order valence-electron chi connectivity index (χ3n) is 5.36. The number of hydrogen-bond donors (Lipinski definition) is 0. The number of amides is 1. The van der Waals surface area contributed by atoms with E-state index in [-0.39, 0.29) is 11.9 Å². The molecule has 2 fully saturated rings. The summed E-state index contributed by atoms with van der Waals surface area (Å²) in [6, 6.07) is 15.1. The molecule has 1 aliphatic carbocycles. The summed E-state index contributed by atoms with van der Waals surface area (Å²) < 4.78 is 0. The van der Waals surface area contributed by atoms with Gasteiger partial charge in [-0.3, -0.25) is 4.79 Å². The first-order valence-corrected chi connectivity index (χ1v) is 9.87. The highest BCUT2D eigenvalue weighted by Gasteiger charge is 2.33. The summed E-state index contributed by atoms with van der Waals surface area (Å²) in [5, 5.41) is 3.65. The third kappa shape index (κ3) is 2.65. The van der Waals surface area contributed by atoms with Gasteiger partial charge in [0.1, 0.15) is 4.88 Å². The van der Waals surface area contributed by atoms with E-state index in [0.29, 0.717) is 5.92 Å². The summed E-state index contributed by atoms with van der Waals surface area (Å²) in [5.41, 5.74) is 1.27. The first-order chi connectivity index (χ1) is 12.3. The van der Waals surface area contributed by atoms with E-state index in [1.54, 1.807) is 17.5 Å². The van der Waals surface area contributed by atoms with Gasteiger partial charge in [-0.15, -0.1) is 11.3 Å². The van der Waals surface area contributed by atoms with E-state index in [1.165, 1.54) is 29.2 Å². The van der Waals surface area contributed by atoms with Crippen LogP contribution in [0.15, 0.2) is 48.7 Å². The SMILES string of the molecule is O=C(c1cnc(C2CC2)s1)N1CCCC1c1cccc2ccccc12. The molecule has 1 unspecified atom stereocenters. The fourth-order valence-electron chi connectivity index (χ4n) is 3.92. The van der Waals surface area contributed by atoms with Crippen LogP contribution in [0.4, 0.5) is 0 Å². The zero-order chi connectivity index (χ0) is 16.8. The minimum absolute atomic E-state index is 0.153. The maximum absolute atomic E-state index is 13.1. The standard InChI is InChI=1S/C21H20N2OS/c24-21(19-13-22-20(25-19)15-10-11-15)23-12-4-9-18(23)17-8-3-6-14-5-1-2-7-16(14)17/h1-3,5-8,13,15,18H,4,9-12H2. The van der Waals surface area contributed by atoms with E-state index in [9.17, 15) is 4.79 Å². The van der Waals surface area contributed by atoms with E-state index in [0.717, 1.165) is 29.3 Å². The zero-order valence-electron chi connectivity index (χ0n) is 14.0. The summed E-state index contributed by atoms with van der Waals surface area (Å²) in [5.74, 6) is 0.763. The lowest BCUT2D eigenvalue weighted by molar-refractivity contribution is 0.0741. The number of benzene rings is 2. The van der Waals surface area contributed by atoms with Crippen molar-refractivity contribution in [3.63, 3.8) is 0 Å². The minimum atomic E-state index is 0.153. The van der Waals surface area contributed by atoms with Gasteiger partial charge in [-0.05, 0) is 42.0 Å². The van der Waals surface area contributed by atoms with Crippen molar-refractivity contribution in [3.05, 3.63) is 64.1 Å². The van der Waals surface area contributed by atoms with Gasteiger partial charge in [-0.25, -0.2) is 4.98 Å². The Balaban J connectivity index is 1.49. The van der Waals surface area contributed by atoms with E-state index >= 15 is 0 Å². The van der Waals surface area contributed by atoms with Crippen molar-refractivity contribution >= 4 is 28.0 Å². The lowest BCUT2D eigenvalue weighted by Crippen LogP contribution is -2.30. The van der Waals surface area contributed by atoms with Crippen LogP contribution in [0, 0.1) is 0 Å². The van der Waals surface area contributed by atoms with Crippen molar-refractivity contribution < 1.29 is 4.79 Å². The molecule has 3 nitrogen and oxygen atoms in total. The minimum Gasteiger partial charge on any atom is -0.331 e. The number of carbonyl (C=O) groups is 1. The van der Waals surface area contributed by atoms with Crippen LogP contribution in [0.3, 0.4) is 0 Å². The maximum atomic E-state index is 13.1. The molecule has 1 aromatic heterocycles. The molecule has 5 rings (SSSR count). The Labute approximate surface area is 151 Å². The Morgan fingerprint density at radius 3 is 2.80 bits per heavy atom. The van der Waals surface area contributed by atoms with Gasteiger partial charge in [0.15, 0.2) is 0 Å². The topological polar surface area (TPSA) is 33.2 Å². The summed E-state index contributed by atoms with van der Waals surface area (Å²) in [6.07, 6.45) is 6.34. The van der Waals surface area contributed by atoms with Crippen molar-refractivity contribution in [1.82, 2.24) is 9.88 Å². The summed E-state index contributed by atoms with van der Waals surface area (Å²) in [4.78, 5) is 20.5. The Morgan fingerprint density at radius 2 is 1.92 bits per heavy atom. The second kappa shape index (κ2) is 5.95. The third-order valence-corrected chi connectivity index (χ3v) is 6.50. The van der Waals surface area contributed by atoms with Gasteiger partial charge in [-0.1, -0.05) is 42.5 Å². The predicted molar refractivity (Wildman–Crippen MR) is 101 cm³/mol. The van der Waals surface area contributed by atoms with Crippen LogP contribution < -0.4 is 0 Å². The number of aromatic nitrogens is 1. The van der Waals surface area contributed by atoms with Gasteiger partial charge < -0.3 is 4.90 Å². The van der Waals surface area contributed by atoms with Crippen LogP contribution in [-0.2, 0) is 0 Å². The first kappa shape index (κ1) is 15.1. The van der Waals surface area contributed by atoms with Gasteiger partial charge in [-0.2, -0.15) is 0 Å². The van der Waals surface area contributed by atoms with Crippen molar-refractivity contribution in [2.75, 3.05) is 6.54 Å². The number of carbonyl (C=O) groups excluding carboxylic acids is 1. The first-order valence-electron chi connectivity index (χ1n) is 9.05. The molecular weight excluding hydrogens is 328 g/mol. The molecule has 0 spiro atoms. The van der Waals surface area contributed by atoms with Crippen molar-refractivity contribution in [2.45, 2.75) is 37.6 Å². The highest BCUT2D eigenvalue weighted by atomic mass is 32.1. The molecule has 1 atom stereocenters. The Bertz CT molecular complexity index is 938. The molecule has 1 saturated heterocycles. The summed E-state index contributed by atoms with van der Waals surface area (Å²) >= 11 is 1.60. The molecule has 3 aromatic rings. The molecule has 126 valence electrons. The molecule has 0 bridgehead atoms. The highest BCUT2D eigenvalue weighted by molar-refractivity contribution is 7.13. The van der Waals surface area contributed by atoms with E-state index in [2.05, 4.69) is 52.3 Å². The molecule has 25 heavy (non-hydrogen) atoms. The second-order valence-corrected chi connectivity index (χ2v) is 8.12. The maximum Gasteiger partial charge on any atom is 0.266 e. The monoisotopic (exact) mass is 348 g/mol. The van der Waals surface area contributed by atoms with Gasteiger partial charge >= 0.3 is 0 Å². The van der Waals surface area contributed by atoms with Gasteiger partial charge in [0.2, 0.25) is 0 Å². The zero-order valence-corrected chi connectivity index (χ0v) is 14.8. The molecule has 4 heteroatoms. The van der Waals surface area contributed by atoms with Crippen LogP contribution >= 0.6 is 11.3 Å². The van der Waals surface area contributed by atoms with Crippen molar-refractivity contribution in [3.8, 4) is 0 Å². The number of hydrogen-bond acceptors (Lipinski definition) is 3. The van der Waals surface area contributed by atoms with Crippen molar-refractivity contribution in [1.29, 1.82) is 0 Å². The molecule has 0 N–H and O–H groups in total. The summed E-state index contributed by atoms with van der Waals surface area (Å²) in [7, 11) is 0. The van der Waals surface area contributed by atoms with Gasteiger partial charge in [0.25, 0.3) is 5.91 Å². The highest BCUT2D eigenvalue weighted by Crippen LogP contribution is 2.43. The van der Waals surface area contributed by atoms with E-state index in [1.807, 2.05) is 0 Å². The smallest absolute Gasteiger partial charge is 0.266 e. The number of nitrogens with zero attached hydrogens (tertiary/aromatic N) is 2. The molecule has 1 aliphatic heterocycles. The fourth-order valence-corrected chi connectivity index (χ4v) is 4.96. The number of rotatable bonds is 3. The van der Waals surface area contributed by atoms with Crippen molar-refractivity contribution in [2.24, 2.45) is 0 Å². The average Bonchev–Trinajstić information content (AvgIpc) is 3.20. The Hall–Kier alpha value is -2.20. The normalized spacial score (nSPS) is 20.3. The summed E-state index contributed by atoms with van der Waals surface area (Å²) in [6.45, 7) is 0.837. The second-order valence-electron chi connectivity index (χ2n) is 7.06. The lowest BCUT2D eigenvalue weighted by atomic mass is 9.97. The molecular formula is C21H20N2OS. The quantitative estimate of drug-likeness (QED) is 0.656. The fraction of sp³-hybridized carbons (Fsp3) is 0.333. The van der Waals surface area contributed by atoms with Crippen LogP contribution in [0.5, 0.6) is 0 Å².